The van der Waals surface area contributed by atoms with Gasteiger partial charge in [-0.3, -0.25) is 9.97 Å². The van der Waals surface area contributed by atoms with Gasteiger partial charge in [-0.1, -0.05) is 36.4 Å². The first-order valence-electron chi connectivity index (χ1n) is 7.28. The van der Waals surface area contributed by atoms with Crippen LogP contribution in [0.25, 0.3) is 0 Å². The highest BCUT2D eigenvalue weighted by Gasteiger charge is 2.36. The van der Waals surface area contributed by atoms with Crippen LogP contribution in [0.15, 0.2) is 79.3 Å². The van der Waals surface area contributed by atoms with Gasteiger partial charge in [0.2, 0.25) is 0 Å². The lowest BCUT2D eigenvalue weighted by Crippen LogP contribution is -2.31. The average molecular weight is 290 g/mol. The predicted octanol–water partition coefficient (Wildman–Crippen LogP) is 3.52. The largest absolute Gasteiger partial charge is 0.384 e. The third kappa shape index (κ3) is 2.76. The number of hydrogen-bond donors (Lipinski definition) is 1. The Kier molecular flexibility index (Phi) is 3.98. The quantitative estimate of drug-likeness (QED) is 0.799. The van der Waals surface area contributed by atoms with Crippen LogP contribution in [0.5, 0.6) is 0 Å². The highest BCUT2D eigenvalue weighted by atomic mass is 16.3. The van der Waals surface area contributed by atoms with Crippen molar-refractivity contribution in [3.8, 4) is 0 Å². The average Bonchev–Trinajstić information content (AvgIpc) is 2.58. The smallest absolute Gasteiger partial charge is 0.0993 e. The van der Waals surface area contributed by atoms with Crippen LogP contribution in [0.3, 0.4) is 0 Å². The fourth-order valence-corrected chi connectivity index (χ4v) is 2.83. The molecule has 3 aromatic rings. The molecule has 0 bridgehead atoms. The molecule has 0 unspecified atom stereocenters. The summed E-state index contributed by atoms with van der Waals surface area (Å²) in [7, 11) is 0. The number of aromatic nitrogens is 2. The SMILES string of the molecule is C[C@@](O)(c1ccncc1)[C@H](c1ccccc1)c1ccccn1. The van der Waals surface area contributed by atoms with Crippen LogP contribution in [0, 0.1) is 0 Å². The number of aliphatic hydroxyl groups is 1. The van der Waals surface area contributed by atoms with Crippen molar-refractivity contribution in [3.05, 3.63) is 96.1 Å². The Bertz CT molecular complexity index is 673. The van der Waals surface area contributed by atoms with E-state index in [1.54, 1.807) is 18.6 Å². The fourth-order valence-electron chi connectivity index (χ4n) is 2.83. The highest BCUT2D eigenvalue weighted by molar-refractivity contribution is 5.36. The molecule has 0 spiro atoms. The minimum absolute atomic E-state index is 0.253. The van der Waals surface area contributed by atoms with Crippen LogP contribution in [0.1, 0.15) is 29.7 Å². The second kappa shape index (κ2) is 6.08. The molecule has 0 saturated carbocycles. The van der Waals surface area contributed by atoms with E-state index in [1.165, 1.54) is 0 Å². The summed E-state index contributed by atoms with van der Waals surface area (Å²) in [5, 5.41) is 11.3. The van der Waals surface area contributed by atoms with Crippen LogP contribution in [-0.4, -0.2) is 15.1 Å². The second-order valence-electron chi connectivity index (χ2n) is 5.48. The molecule has 110 valence electrons. The molecule has 3 rings (SSSR count). The van der Waals surface area contributed by atoms with Crippen molar-refractivity contribution < 1.29 is 5.11 Å². The first-order chi connectivity index (χ1) is 10.7. The first-order valence-corrected chi connectivity index (χ1v) is 7.28. The minimum atomic E-state index is -1.08. The molecule has 3 nitrogen and oxygen atoms in total. The molecule has 0 aliphatic carbocycles. The van der Waals surface area contributed by atoms with Gasteiger partial charge in [0, 0.05) is 18.6 Å². The normalized spacial score (nSPS) is 15.0. The summed E-state index contributed by atoms with van der Waals surface area (Å²) in [5.74, 6) is -0.253. The fraction of sp³-hybridized carbons (Fsp3) is 0.158. The van der Waals surface area contributed by atoms with Crippen molar-refractivity contribution in [3.63, 3.8) is 0 Å². The molecule has 0 aliphatic rings. The van der Waals surface area contributed by atoms with Crippen molar-refractivity contribution in [2.75, 3.05) is 0 Å². The summed E-state index contributed by atoms with van der Waals surface area (Å²) in [6.45, 7) is 1.83. The van der Waals surface area contributed by atoms with E-state index < -0.39 is 5.60 Å². The lowest BCUT2D eigenvalue weighted by Gasteiger charge is -2.33. The summed E-state index contributed by atoms with van der Waals surface area (Å²) in [5.41, 5.74) is 1.61. The van der Waals surface area contributed by atoms with E-state index in [9.17, 15) is 5.11 Å². The lowest BCUT2D eigenvalue weighted by atomic mass is 9.77. The van der Waals surface area contributed by atoms with Gasteiger partial charge in [0.1, 0.15) is 0 Å². The Morgan fingerprint density at radius 2 is 1.55 bits per heavy atom. The van der Waals surface area contributed by atoms with Gasteiger partial charge >= 0.3 is 0 Å². The van der Waals surface area contributed by atoms with Gasteiger partial charge in [-0.25, -0.2) is 0 Å². The third-order valence-corrected chi connectivity index (χ3v) is 3.94. The summed E-state index contributed by atoms with van der Waals surface area (Å²) < 4.78 is 0. The van der Waals surface area contributed by atoms with Gasteiger partial charge in [0.05, 0.1) is 17.2 Å². The molecule has 0 radical (unpaired) electrons. The minimum Gasteiger partial charge on any atom is -0.384 e. The number of pyridine rings is 2. The van der Waals surface area contributed by atoms with Gasteiger partial charge in [-0.15, -0.1) is 0 Å². The van der Waals surface area contributed by atoms with Crippen molar-refractivity contribution in [1.82, 2.24) is 9.97 Å². The standard InChI is InChI=1S/C19H18N2O/c1-19(22,16-10-13-20-14-11-16)18(15-7-3-2-4-8-15)17-9-5-6-12-21-17/h2-14,18,22H,1H3/t18-,19-/m1/s1. The number of hydrogen-bond acceptors (Lipinski definition) is 3. The Morgan fingerprint density at radius 3 is 2.18 bits per heavy atom. The zero-order valence-corrected chi connectivity index (χ0v) is 12.4. The topological polar surface area (TPSA) is 46.0 Å². The molecule has 0 fully saturated rings. The van der Waals surface area contributed by atoms with Gasteiger partial charge < -0.3 is 5.11 Å². The van der Waals surface area contributed by atoms with Gasteiger partial charge in [-0.05, 0) is 42.3 Å². The molecule has 2 atom stereocenters. The maximum Gasteiger partial charge on any atom is 0.0993 e. The van der Waals surface area contributed by atoms with Crippen LogP contribution < -0.4 is 0 Å². The lowest BCUT2D eigenvalue weighted by molar-refractivity contribution is 0.0379. The van der Waals surface area contributed by atoms with Gasteiger partial charge in [-0.2, -0.15) is 0 Å². The molecule has 0 aliphatic heterocycles. The van der Waals surface area contributed by atoms with E-state index >= 15 is 0 Å². The van der Waals surface area contributed by atoms with Crippen LogP contribution >= 0.6 is 0 Å². The predicted molar refractivity (Wildman–Crippen MR) is 86.3 cm³/mol. The summed E-state index contributed by atoms with van der Waals surface area (Å²) in [6, 6.07) is 19.4. The van der Waals surface area contributed by atoms with Crippen molar-refractivity contribution in [2.45, 2.75) is 18.4 Å². The number of nitrogens with zero attached hydrogens (tertiary/aromatic N) is 2. The second-order valence-corrected chi connectivity index (χ2v) is 5.48. The Balaban J connectivity index is 2.14. The first kappa shape index (κ1) is 14.4. The van der Waals surface area contributed by atoms with E-state index in [0.29, 0.717) is 0 Å². The van der Waals surface area contributed by atoms with E-state index in [1.807, 2.05) is 67.6 Å². The third-order valence-electron chi connectivity index (χ3n) is 3.94. The summed E-state index contributed by atoms with van der Waals surface area (Å²) in [6.07, 6.45) is 5.16. The van der Waals surface area contributed by atoms with Crippen molar-refractivity contribution in [1.29, 1.82) is 0 Å². The van der Waals surface area contributed by atoms with Gasteiger partial charge in [0.25, 0.3) is 0 Å². The van der Waals surface area contributed by atoms with Crippen LogP contribution in [0.2, 0.25) is 0 Å². The Hall–Kier alpha value is -2.52. The van der Waals surface area contributed by atoms with Crippen LogP contribution in [-0.2, 0) is 5.60 Å². The van der Waals surface area contributed by atoms with E-state index in [0.717, 1.165) is 16.8 Å². The zero-order chi connectivity index (χ0) is 15.4. The molecule has 1 N–H and O–H groups in total. The molecular formula is C19H18N2O. The number of benzene rings is 1. The summed E-state index contributed by atoms with van der Waals surface area (Å²) in [4.78, 5) is 8.51. The Labute approximate surface area is 130 Å². The molecule has 22 heavy (non-hydrogen) atoms. The molecule has 2 aromatic heterocycles. The maximum absolute atomic E-state index is 11.3. The molecular weight excluding hydrogens is 272 g/mol. The molecule has 1 aromatic carbocycles. The highest BCUT2D eigenvalue weighted by Crippen LogP contribution is 2.40. The van der Waals surface area contributed by atoms with E-state index in [4.69, 9.17) is 0 Å². The Morgan fingerprint density at radius 1 is 0.864 bits per heavy atom. The van der Waals surface area contributed by atoms with Crippen LogP contribution in [0.4, 0.5) is 0 Å². The summed E-state index contributed by atoms with van der Waals surface area (Å²) >= 11 is 0. The molecule has 0 amide bonds. The van der Waals surface area contributed by atoms with Gasteiger partial charge in [0.15, 0.2) is 0 Å². The molecule has 0 saturated heterocycles. The van der Waals surface area contributed by atoms with Crippen molar-refractivity contribution in [2.24, 2.45) is 0 Å². The molecule has 2 heterocycles. The molecule has 3 heteroatoms. The van der Waals surface area contributed by atoms with E-state index in [-0.39, 0.29) is 5.92 Å². The van der Waals surface area contributed by atoms with E-state index in [2.05, 4.69) is 9.97 Å². The maximum atomic E-state index is 11.3. The monoisotopic (exact) mass is 290 g/mol. The zero-order valence-electron chi connectivity index (χ0n) is 12.4. The number of rotatable bonds is 4. The van der Waals surface area contributed by atoms with Crippen molar-refractivity contribution >= 4 is 0 Å².